The molecular weight excluding hydrogens is 384 g/mol. The van der Waals surface area contributed by atoms with E-state index in [1.165, 1.54) is 12.8 Å². The molecule has 0 aliphatic heterocycles. The Labute approximate surface area is 177 Å². The average Bonchev–Trinajstić information content (AvgIpc) is 2.72. The summed E-state index contributed by atoms with van der Waals surface area (Å²) in [5.41, 5.74) is 0. The Morgan fingerprint density at radius 3 is 1.24 bits per heavy atom. The lowest BCUT2D eigenvalue weighted by Crippen LogP contribution is -2.37. The normalized spacial score (nSPS) is 20.8. The zero-order valence-electron chi connectivity index (χ0n) is 16.8. The van der Waals surface area contributed by atoms with Crippen LogP contribution in [-0.2, 0) is 0 Å². The van der Waals surface area contributed by atoms with Gasteiger partial charge in [0.15, 0.2) is 0 Å². The summed E-state index contributed by atoms with van der Waals surface area (Å²) in [6.07, 6.45) is 9.21. The monoisotopic (exact) mass is 414 g/mol. The minimum absolute atomic E-state index is 0.701. The molecule has 2 fully saturated rings. The fourth-order valence-electron chi connectivity index (χ4n) is 4.14. The van der Waals surface area contributed by atoms with Crippen molar-refractivity contribution in [2.45, 2.75) is 85.6 Å². The average molecular weight is 415 g/mol. The Balaban J connectivity index is 1.33. The highest BCUT2D eigenvalue weighted by molar-refractivity contribution is 7.99. The predicted molar refractivity (Wildman–Crippen MR) is 114 cm³/mol. The molecule has 0 radical (unpaired) electrons. The van der Waals surface area contributed by atoms with Crippen LogP contribution in [0.4, 0.5) is 0 Å². The number of hydrogen-bond donors (Lipinski definition) is 2. The molecule has 0 spiro atoms. The fraction of sp³-hybridized carbons (Fsp3) is 0.500. The van der Waals surface area contributed by atoms with Crippen molar-refractivity contribution in [3.05, 3.63) is 48.5 Å². The van der Waals surface area contributed by atoms with E-state index in [-0.39, 0.29) is 0 Å². The number of hydrogen-bond acceptors (Lipinski definition) is 5. The van der Waals surface area contributed by atoms with E-state index in [4.69, 9.17) is 9.47 Å². The minimum atomic E-state index is -1.01. The van der Waals surface area contributed by atoms with E-state index in [1.807, 2.05) is 48.5 Å². The van der Waals surface area contributed by atoms with E-state index in [2.05, 4.69) is 0 Å². The maximum atomic E-state index is 10.5. The topological polar surface area (TPSA) is 58.9 Å². The summed E-state index contributed by atoms with van der Waals surface area (Å²) in [5, 5.41) is 21.1. The molecule has 29 heavy (non-hydrogen) atoms. The summed E-state index contributed by atoms with van der Waals surface area (Å²) in [4.78, 5) is 2.21. The molecule has 0 unspecified atom stereocenters. The Morgan fingerprint density at radius 1 is 0.552 bits per heavy atom. The first-order chi connectivity index (χ1) is 14.0. The Morgan fingerprint density at radius 2 is 0.897 bits per heavy atom. The standard InChI is InChI=1S/C24H30O4S/c25-23(15-3-1-4-16-23)27-19-7-11-21(12-8-19)29-22-13-9-20(10-14-22)28-24(26)17-5-2-6-18-24/h7-14,25-26H,1-6,15-18H2. The van der Waals surface area contributed by atoms with Gasteiger partial charge in [-0.1, -0.05) is 24.6 Å². The van der Waals surface area contributed by atoms with Gasteiger partial charge in [0.25, 0.3) is 0 Å². The summed E-state index contributed by atoms with van der Waals surface area (Å²) < 4.78 is 11.7. The van der Waals surface area contributed by atoms with Gasteiger partial charge in [-0.3, -0.25) is 0 Å². The summed E-state index contributed by atoms with van der Waals surface area (Å²) in [6.45, 7) is 0. The highest BCUT2D eigenvalue weighted by Gasteiger charge is 2.32. The lowest BCUT2D eigenvalue weighted by atomic mass is 9.94. The van der Waals surface area contributed by atoms with Gasteiger partial charge in [-0.05, 0) is 74.2 Å². The van der Waals surface area contributed by atoms with E-state index >= 15 is 0 Å². The molecule has 0 amide bonds. The smallest absolute Gasteiger partial charge is 0.208 e. The SMILES string of the molecule is OC1(Oc2ccc(Sc3ccc(OC4(O)CCCCC4)cc3)cc2)CCCCC1. The first-order valence-electron chi connectivity index (χ1n) is 10.7. The minimum Gasteiger partial charge on any atom is -0.463 e. The molecule has 5 heteroatoms. The fourth-order valence-corrected chi connectivity index (χ4v) is 4.96. The lowest BCUT2D eigenvalue weighted by Gasteiger charge is -2.32. The zero-order chi connectivity index (χ0) is 20.2. The molecule has 4 nitrogen and oxygen atoms in total. The van der Waals surface area contributed by atoms with Crippen LogP contribution in [0.3, 0.4) is 0 Å². The van der Waals surface area contributed by atoms with E-state index in [0.717, 1.165) is 35.5 Å². The molecule has 2 aromatic rings. The zero-order valence-corrected chi connectivity index (χ0v) is 17.6. The molecule has 4 rings (SSSR count). The third kappa shape index (κ3) is 5.68. The van der Waals surface area contributed by atoms with Gasteiger partial charge < -0.3 is 19.7 Å². The van der Waals surface area contributed by atoms with Gasteiger partial charge in [0.1, 0.15) is 11.5 Å². The summed E-state index contributed by atoms with van der Waals surface area (Å²) in [5.74, 6) is -0.595. The van der Waals surface area contributed by atoms with Crippen molar-refractivity contribution in [2.75, 3.05) is 0 Å². The van der Waals surface area contributed by atoms with Crippen molar-refractivity contribution in [1.29, 1.82) is 0 Å². The number of aliphatic hydroxyl groups is 2. The molecule has 0 heterocycles. The summed E-state index contributed by atoms with van der Waals surface area (Å²) in [7, 11) is 0. The van der Waals surface area contributed by atoms with Gasteiger partial charge >= 0.3 is 0 Å². The second-order valence-electron chi connectivity index (χ2n) is 8.26. The van der Waals surface area contributed by atoms with Crippen molar-refractivity contribution < 1.29 is 19.7 Å². The van der Waals surface area contributed by atoms with Crippen LogP contribution in [-0.4, -0.2) is 21.8 Å². The molecule has 2 aliphatic carbocycles. The maximum Gasteiger partial charge on any atom is 0.208 e. The Bertz CT molecular complexity index is 708. The van der Waals surface area contributed by atoms with E-state index in [1.54, 1.807) is 11.8 Å². The van der Waals surface area contributed by atoms with Gasteiger partial charge in [0, 0.05) is 35.5 Å². The molecule has 0 aromatic heterocycles. The third-order valence-electron chi connectivity index (χ3n) is 5.77. The molecule has 2 N–H and O–H groups in total. The summed E-state index contributed by atoms with van der Waals surface area (Å²) in [6, 6.07) is 15.7. The van der Waals surface area contributed by atoms with E-state index in [0.29, 0.717) is 37.2 Å². The highest BCUT2D eigenvalue weighted by atomic mass is 32.2. The molecule has 0 bridgehead atoms. The largest absolute Gasteiger partial charge is 0.463 e. The number of rotatable bonds is 6. The van der Waals surface area contributed by atoms with Crippen LogP contribution in [0, 0.1) is 0 Å². The second-order valence-corrected chi connectivity index (χ2v) is 9.41. The molecule has 2 aliphatic rings. The molecule has 0 atom stereocenters. The van der Waals surface area contributed by atoms with E-state index in [9.17, 15) is 10.2 Å². The van der Waals surface area contributed by atoms with Crippen molar-refractivity contribution in [1.82, 2.24) is 0 Å². The third-order valence-corrected chi connectivity index (χ3v) is 6.78. The Kier molecular flexibility index (Phi) is 6.38. The van der Waals surface area contributed by atoms with E-state index < -0.39 is 11.6 Å². The molecule has 0 saturated heterocycles. The maximum absolute atomic E-state index is 10.5. The van der Waals surface area contributed by atoms with Gasteiger partial charge in [0.05, 0.1) is 0 Å². The highest BCUT2D eigenvalue weighted by Crippen LogP contribution is 2.35. The van der Waals surface area contributed by atoms with Crippen molar-refractivity contribution in [3.8, 4) is 11.5 Å². The lowest BCUT2D eigenvalue weighted by molar-refractivity contribution is -0.159. The predicted octanol–water partition coefficient (Wildman–Crippen LogP) is 5.90. The van der Waals surface area contributed by atoms with Crippen LogP contribution < -0.4 is 9.47 Å². The first-order valence-corrected chi connectivity index (χ1v) is 11.5. The number of benzene rings is 2. The summed E-state index contributed by atoms with van der Waals surface area (Å²) >= 11 is 1.66. The van der Waals surface area contributed by atoms with Gasteiger partial charge in [-0.25, -0.2) is 0 Å². The number of ether oxygens (including phenoxy) is 2. The van der Waals surface area contributed by atoms with Crippen LogP contribution in [0.1, 0.15) is 64.2 Å². The quantitative estimate of drug-likeness (QED) is 0.576. The first kappa shape index (κ1) is 20.6. The van der Waals surface area contributed by atoms with Gasteiger partial charge in [-0.2, -0.15) is 0 Å². The van der Waals surface area contributed by atoms with Crippen LogP contribution in [0.2, 0.25) is 0 Å². The van der Waals surface area contributed by atoms with Crippen molar-refractivity contribution in [3.63, 3.8) is 0 Å². The Hall–Kier alpha value is -1.69. The van der Waals surface area contributed by atoms with Crippen LogP contribution in [0.5, 0.6) is 11.5 Å². The van der Waals surface area contributed by atoms with Crippen LogP contribution in [0.15, 0.2) is 58.3 Å². The molecule has 2 aromatic carbocycles. The van der Waals surface area contributed by atoms with Gasteiger partial charge in [-0.15, -0.1) is 0 Å². The van der Waals surface area contributed by atoms with Crippen LogP contribution in [0.25, 0.3) is 0 Å². The molecule has 2 saturated carbocycles. The van der Waals surface area contributed by atoms with Crippen LogP contribution >= 0.6 is 11.8 Å². The van der Waals surface area contributed by atoms with Crippen molar-refractivity contribution in [2.24, 2.45) is 0 Å². The molecule has 156 valence electrons. The van der Waals surface area contributed by atoms with Crippen molar-refractivity contribution >= 4 is 11.8 Å². The second kappa shape index (κ2) is 8.99. The molecular formula is C24H30O4S. The van der Waals surface area contributed by atoms with Gasteiger partial charge in [0.2, 0.25) is 11.6 Å².